The normalized spacial score (nSPS) is 15.4. The number of anilines is 1. The van der Waals surface area contributed by atoms with Crippen LogP contribution in [0.1, 0.15) is 23.7 Å². The quantitative estimate of drug-likeness (QED) is 0.877. The van der Waals surface area contributed by atoms with Crippen LogP contribution in [0.15, 0.2) is 48.8 Å². The maximum atomic E-state index is 12.5. The number of piperazine rings is 1. The van der Waals surface area contributed by atoms with E-state index in [4.69, 9.17) is 0 Å². The molecule has 2 heterocycles. The van der Waals surface area contributed by atoms with Crippen LogP contribution in [-0.2, 0) is 4.79 Å². The Hall–Kier alpha value is -2.96. The lowest BCUT2D eigenvalue weighted by Crippen LogP contribution is -2.50. The SMILES string of the molecule is C[C@@H](CC(=O)N1CCN(c2ncccn2)CC1)NC(=O)c1ccccc1. The molecule has 0 bridgehead atoms. The first-order valence-corrected chi connectivity index (χ1v) is 8.79. The number of nitrogens with zero attached hydrogens (tertiary/aromatic N) is 4. The van der Waals surface area contributed by atoms with Crippen molar-refractivity contribution in [3.05, 3.63) is 54.4 Å². The van der Waals surface area contributed by atoms with E-state index in [1.165, 1.54) is 0 Å². The summed E-state index contributed by atoms with van der Waals surface area (Å²) in [6.07, 6.45) is 3.73. The van der Waals surface area contributed by atoms with E-state index < -0.39 is 0 Å². The Bertz CT molecular complexity index is 730. The second-order valence-corrected chi connectivity index (χ2v) is 6.36. The Labute approximate surface area is 153 Å². The summed E-state index contributed by atoms with van der Waals surface area (Å²) in [4.78, 5) is 37.1. The molecular formula is C19H23N5O2. The number of nitrogens with one attached hydrogen (secondary N) is 1. The minimum absolute atomic E-state index is 0.0551. The van der Waals surface area contributed by atoms with Crippen LogP contribution >= 0.6 is 0 Å². The Morgan fingerprint density at radius 1 is 1.04 bits per heavy atom. The van der Waals surface area contributed by atoms with Crippen molar-refractivity contribution in [2.45, 2.75) is 19.4 Å². The molecule has 1 saturated heterocycles. The third kappa shape index (κ3) is 4.56. The van der Waals surface area contributed by atoms with Crippen molar-refractivity contribution < 1.29 is 9.59 Å². The van der Waals surface area contributed by atoms with Gasteiger partial charge >= 0.3 is 0 Å². The van der Waals surface area contributed by atoms with E-state index in [0.29, 0.717) is 44.1 Å². The number of aromatic nitrogens is 2. The summed E-state index contributed by atoms with van der Waals surface area (Å²) >= 11 is 0. The van der Waals surface area contributed by atoms with Gasteiger partial charge in [-0.25, -0.2) is 9.97 Å². The highest BCUT2D eigenvalue weighted by molar-refractivity contribution is 5.94. The summed E-state index contributed by atoms with van der Waals surface area (Å²) in [5.74, 6) is 0.597. The molecular weight excluding hydrogens is 330 g/mol. The van der Waals surface area contributed by atoms with Crippen LogP contribution in [0.3, 0.4) is 0 Å². The van der Waals surface area contributed by atoms with Gasteiger partial charge < -0.3 is 15.1 Å². The van der Waals surface area contributed by atoms with Gasteiger partial charge in [-0.2, -0.15) is 0 Å². The number of carbonyl (C=O) groups excluding carboxylic acids is 2. The van der Waals surface area contributed by atoms with Gasteiger partial charge in [-0.3, -0.25) is 9.59 Å². The minimum Gasteiger partial charge on any atom is -0.349 e. The highest BCUT2D eigenvalue weighted by atomic mass is 16.2. The van der Waals surface area contributed by atoms with E-state index in [1.807, 2.05) is 30.0 Å². The molecule has 0 radical (unpaired) electrons. The number of benzene rings is 1. The van der Waals surface area contributed by atoms with Crippen molar-refractivity contribution in [2.75, 3.05) is 31.1 Å². The lowest BCUT2D eigenvalue weighted by atomic mass is 10.1. The zero-order chi connectivity index (χ0) is 18.4. The molecule has 136 valence electrons. The molecule has 1 aliphatic heterocycles. The Kier molecular flexibility index (Phi) is 5.78. The molecule has 0 spiro atoms. The molecule has 26 heavy (non-hydrogen) atoms. The van der Waals surface area contributed by atoms with Gasteiger partial charge in [0.1, 0.15) is 0 Å². The molecule has 1 N–H and O–H groups in total. The fourth-order valence-corrected chi connectivity index (χ4v) is 2.95. The van der Waals surface area contributed by atoms with Crippen molar-refractivity contribution in [3.8, 4) is 0 Å². The second kappa shape index (κ2) is 8.42. The molecule has 1 aromatic heterocycles. The minimum atomic E-state index is -0.217. The summed E-state index contributed by atoms with van der Waals surface area (Å²) in [5.41, 5.74) is 0.600. The first-order chi connectivity index (χ1) is 12.6. The van der Waals surface area contributed by atoms with Gasteiger partial charge in [-0.15, -0.1) is 0 Å². The van der Waals surface area contributed by atoms with Gasteiger partial charge in [-0.1, -0.05) is 18.2 Å². The maximum absolute atomic E-state index is 12.5. The number of hydrogen-bond donors (Lipinski definition) is 1. The lowest BCUT2D eigenvalue weighted by Gasteiger charge is -2.35. The topological polar surface area (TPSA) is 78.4 Å². The van der Waals surface area contributed by atoms with Crippen molar-refractivity contribution in [1.29, 1.82) is 0 Å². The van der Waals surface area contributed by atoms with E-state index >= 15 is 0 Å². The largest absolute Gasteiger partial charge is 0.349 e. The molecule has 0 unspecified atom stereocenters. The zero-order valence-corrected chi connectivity index (χ0v) is 14.8. The first kappa shape index (κ1) is 17.8. The summed E-state index contributed by atoms with van der Waals surface area (Å²) < 4.78 is 0. The van der Waals surface area contributed by atoms with Crippen molar-refractivity contribution >= 4 is 17.8 Å². The first-order valence-electron chi connectivity index (χ1n) is 8.79. The number of amides is 2. The molecule has 1 aliphatic rings. The van der Waals surface area contributed by atoms with Gasteiger partial charge in [0, 0.05) is 56.6 Å². The number of carbonyl (C=O) groups is 2. The van der Waals surface area contributed by atoms with E-state index in [9.17, 15) is 9.59 Å². The highest BCUT2D eigenvalue weighted by Gasteiger charge is 2.24. The van der Waals surface area contributed by atoms with Crippen LogP contribution in [0.25, 0.3) is 0 Å². The predicted molar refractivity (Wildman–Crippen MR) is 98.8 cm³/mol. The van der Waals surface area contributed by atoms with Crippen LogP contribution in [0.5, 0.6) is 0 Å². The Morgan fingerprint density at radius 3 is 2.35 bits per heavy atom. The van der Waals surface area contributed by atoms with Gasteiger partial charge in [0.2, 0.25) is 11.9 Å². The van der Waals surface area contributed by atoms with Crippen LogP contribution in [-0.4, -0.2) is 58.9 Å². The maximum Gasteiger partial charge on any atom is 0.251 e. The highest BCUT2D eigenvalue weighted by Crippen LogP contribution is 2.11. The van der Waals surface area contributed by atoms with Crippen molar-refractivity contribution in [2.24, 2.45) is 0 Å². The molecule has 2 aromatic rings. The van der Waals surface area contributed by atoms with Gasteiger partial charge in [-0.05, 0) is 25.1 Å². The lowest BCUT2D eigenvalue weighted by molar-refractivity contribution is -0.131. The van der Waals surface area contributed by atoms with Crippen LogP contribution in [0.2, 0.25) is 0 Å². The summed E-state index contributed by atoms with van der Waals surface area (Å²) in [6.45, 7) is 4.54. The second-order valence-electron chi connectivity index (χ2n) is 6.36. The fraction of sp³-hybridized carbons (Fsp3) is 0.368. The molecule has 0 aliphatic carbocycles. The van der Waals surface area contributed by atoms with Gasteiger partial charge in [0.15, 0.2) is 0 Å². The van der Waals surface area contributed by atoms with E-state index in [0.717, 1.165) is 0 Å². The van der Waals surface area contributed by atoms with E-state index in [2.05, 4.69) is 20.2 Å². The van der Waals surface area contributed by atoms with Crippen LogP contribution in [0.4, 0.5) is 5.95 Å². The standard InChI is InChI=1S/C19H23N5O2/c1-15(22-18(26)16-6-3-2-4-7-16)14-17(25)23-10-12-24(13-11-23)19-20-8-5-9-21-19/h2-9,15H,10-14H2,1H3,(H,22,26)/t15-/m0/s1. The fourth-order valence-electron chi connectivity index (χ4n) is 2.95. The average molecular weight is 353 g/mol. The van der Waals surface area contributed by atoms with Gasteiger partial charge in [0.25, 0.3) is 5.91 Å². The van der Waals surface area contributed by atoms with Crippen LogP contribution in [0, 0.1) is 0 Å². The zero-order valence-electron chi connectivity index (χ0n) is 14.8. The molecule has 0 saturated carbocycles. The van der Waals surface area contributed by atoms with Gasteiger partial charge in [0.05, 0.1) is 0 Å². The van der Waals surface area contributed by atoms with E-state index in [-0.39, 0.29) is 17.9 Å². The Morgan fingerprint density at radius 2 is 1.69 bits per heavy atom. The average Bonchev–Trinajstić information content (AvgIpc) is 2.69. The summed E-state index contributed by atoms with van der Waals surface area (Å²) in [5, 5.41) is 2.88. The number of rotatable bonds is 5. The van der Waals surface area contributed by atoms with Crippen molar-refractivity contribution in [3.63, 3.8) is 0 Å². The summed E-state index contributed by atoms with van der Waals surface area (Å²) in [7, 11) is 0. The molecule has 1 fully saturated rings. The third-order valence-electron chi connectivity index (χ3n) is 4.36. The molecule has 2 amide bonds. The number of hydrogen-bond acceptors (Lipinski definition) is 5. The molecule has 7 heteroatoms. The van der Waals surface area contributed by atoms with Crippen LogP contribution < -0.4 is 10.2 Å². The van der Waals surface area contributed by atoms with Crippen molar-refractivity contribution in [1.82, 2.24) is 20.2 Å². The monoisotopic (exact) mass is 353 g/mol. The predicted octanol–water partition coefficient (Wildman–Crippen LogP) is 1.33. The molecule has 1 aromatic carbocycles. The molecule has 1 atom stereocenters. The Balaban J connectivity index is 1.46. The summed E-state index contributed by atoms with van der Waals surface area (Å²) in [6, 6.07) is 10.6. The smallest absolute Gasteiger partial charge is 0.251 e. The van der Waals surface area contributed by atoms with E-state index in [1.54, 1.807) is 30.6 Å². The molecule has 3 rings (SSSR count). The third-order valence-corrected chi connectivity index (χ3v) is 4.36. The molecule has 7 nitrogen and oxygen atoms in total.